The molecule has 0 radical (unpaired) electrons. The van der Waals surface area contributed by atoms with Crippen LogP contribution >= 0.6 is 0 Å². The summed E-state index contributed by atoms with van der Waals surface area (Å²) in [6.45, 7) is 0.595. The van der Waals surface area contributed by atoms with Gasteiger partial charge in [-0.3, -0.25) is 0 Å². The highest BCUT2D eigenvalue weighted by atomic mass is 32.2. The van der Waals surface area contributed by atoms with Crippen LogP contribution in [0.25, 0.3) is 0 Å². The Labute approximate surface area is 141 Å². The summed E-state index contributed by atoms with van der Waals surface area (Å²) in [6.07, 6.45) is 6.00. The van der Waals surface area contributed by atoms with Gasteiger partial charge in [0, 0.05) is 24.7 Å². The van der Waals surface area contributed by atoms with Gasteiger partial charge in [0.25, 0.3) is 0 Å². The number of benzene rings is 1. The molecule has 1 aromatic carbocycles. The average Bonchev–Trinajstić information content (AvgIpc) is 3.47. The highest BCUT2D eigenvalue weighted by molar-refractivity contribution is 7.89. The quantitative estimate of drug-likeness (QED) is 0.806. The van der Waals surface area contributed by atoms with E-state index in [4.69, 9.17) is 0 Å². The van der Waals surface area contributed by atoms with E-state index >= 15 is 0 Å². The number of hydrogen-bond acceptors (Lipinski definition) is 5. The van der Waals surface area contributed by atoms with Crippen LogP contribution in [0.1, 0.15) is 43.0 Å². The molecule has 1 heterocycles. The van der Waals surface area contributed by atoms with Crippen LogP contribution in [0.2, 0.25) is 0 Å². The third kappa shape index (κ3) is 3.73. The van der Waals surface area contributed by atoms with Crippen molar-refractivity contribution in [2.24, 2.45) is 0 Å². The molecule has 7 heteroatoms. The molecular formula is C17H20N4O2S. The second-order valence-electron chi connectivity index (χ2n) is 6.47. The Kier molecular flexibility index (Phi) is 3.97. The summed E-state index contributed by atoms with van der Waals surface area (Å²) in [7, 11) is -3.38. The maximum Gasteiger partial charge on any atom is 0.240 e. The number of anilines is 1. The van der Waals surface area contributed by atoms with E-state index in [-0.39, 0.29) is 6.04 Å². The van der Waals surface area contributed by atoms with Gasteiger partial charge in [0.05, 0.1) is 4.90 Å². The molecule has 0 atom stereocenters. The largest absolute Gasteiger partial charge is 0.366 e. The average molecular weight is 344 g/mol. The Morgan fingerprint density at radius 3 is 2.46 bits per heavy atom. The molecule has 0 aliphatic heterocycles. The van der Waals surface area contributed by atoms with Gasteiger partial charge in [-0.2, -0.15) is 0 Å². The molecule has 24 heavy (non-hydrogen) atoms. The standard InChI is InChI=1S/C17H20N4O2S/c22-24(23,21-14-5-6-14)15-7-1-12(2-8-15)11-19-16-9-10-18-17(20-16)13-3-4-13/h1-2,7-10,13-14,21H,3-6,11H2,(H,18,19,20). The van der Waals surface area contributed by atoms with E-state index < -0.39 is 10.0 Å². The zero-order valence-corrected chi connectivity index (χ0v) is 14.1. The molecule has 1 aromatic heterocycles. The molecule has 2 aliphatic rings. The fourth-order valence-electron chi connectivity index (χ4n) is 2.48. The van der Waals surface area contributed by atoms with Crippen molar-refractivity contribution in [3.63, 3.8) is 0 Å². The van der Waals surface area contributed by atoms with Crippen molar-refractivity contribution in [3.05, 3.63) is 47.9 Å². The number of nitrogens with one attached hydrogen (secondary N) is 2. The van der Waals surface area contributed by atoms with Crippen LogP contribution in [-0.2, 0) is 16.6 Å². The first-order chi connectivity index (χ1) is 11.6. The fraction of sp³-hybridized carbons (Fsp3) is 0.412. The SMILES string of the molecule is O=S(=O)(NC1CC1)c1ccc(CNc2ccnc(C3CC3)n2)cc1. The van der Waals surface area contributed by atoms with Gasteiger partial charge in [-0.1, -0.05) is 12.1 Å². The molecule has 2 aromatic rings. The summed E-state index contributed by atoms with van der Waals surface area (Å²) in [6, 6.07) is 8.93. The van der Waals surface area contributed by atoms with Gasteiger partial charge < -0.3 is 5.32 Å². The van der Waals surface area contributed by atoms with Crippen molar-refractivity contribution in [1.29, 1.82) is 0 Å². The first-order valence-electron chi connectivity index (χ1n) is 8.28. The number of nitrogens with zero attached hydrogens (tertiary/aromatic N) is 2. The van der Waals surface area contributed by atoms with Crippen molar-refractivity contribution in [2.45, 2.75) is 49.1 Å². The van der Waals surface area contributed by atoms with Gasteiger partial charge in [-0.25, -0.2) is 23.1 Å². The number of aromatic nitrogens is 2. The van der Waals surface area contributed by atoms with Crippen molar-refractivity contribution < 1.29 is 8.42 Å². The summed E-state index contributed by atoms with van der Waals surface area (Å²) in [5.74, 6) is 2.24. The lowest BCUT2D eigenvalue weighted by molar-refractivity contribution is 0.581. The maximum atomic E-state index is 12.1. The molecule has 0 spiro atoms. The molecule has 2 aliphatic carbocycles. The summed E-state index contributed by atoms with van der Waals surface area (Å²) >= 11 is 0. The van der Waals surface area contributed by atoms with Crippen molar-refractivity contribution in [3.8, 4) is 0 Å². The Bertz CT molecular complexity index is 828. The second kappa shape index (κ2) is 6.14. The lowest BCUT2D eigenvalue weighted by Crippen LogP contribution is -2.25. The van der Waals surface area contributed by atoms with Crippen LogP contribution in [-0.4, -0.2) is 24.4 Å². The first kappa shape index (κ1) is 15.5. The minimum absolute atomic E-state index is 0.120. The lowest BCUT2D eigenvalue weighted by Gasteiger charge is -2.09. The predicted octanol–water partition coefficient (Wildman–Crippen LogP) is 2.41. The third-order valence-electron chi connectivity index (χ3n) is 4.22. The van der Waals surface area contributed by atoms with E-state index in [0.717, 1.165) is 30.0 Å². The van der Waals surface area contributed by atoms with Gasteiger partial charge in [-0.15, -0.1) is 0 Å². The van der Waals surface area contributed by atoms with Crippen molar-refractivity contribution in [1.82, 2.24) is 14.7 Å². The molecule has 0 saturated heterocycles. The minimum Gasteiger partial charge on any atom is -0.366 e. The number of sulfonamides is 1. The van der Waals surface area contributed by atoms with Crippen LogP contribution in [0.5, 0.6) is 0 Å². The van der Waals surface area contributed by atoms with Crippen molar-refractivity contribution >= 4 is 15.8 Å². The third-order valence-corrected chi connectivity index (χ3v) is 5.76. The van der Waals surface area contributed by atoms with E-state index in [2.05, 4.69) is 20.0 Å². The van der Waals surface area contributed by atoms with Gasteiger partial charge in [0.1, 0.15) is 11.6 Å². The molecule has 2 saturated carbocycles. The molecule has 2 N–H and O–H groups in total. The highest BCUT2D eigenvalue weighted by Crippen LogP contribution is 2.38. The summed E-state index contributed by atoms with van der Waals surface area (Å²) < 4.78 is 27.0. The predicted molar refractivity (Wildman–Crippen MR) is 91.1 cm³/mol. The molecule has 0 unspecified atom stereocenters. The Balaban J connectivity index is 1.39. The van der Waals surface area contributed by atoms with Gasteiger partial charge in [0.2, 0.25) is 10.0 Å². The highest BCUT2D eigenvalue weighted by Gasteiger charge is 2.28. The molecule has 4 rings (SSSR count). The van der Waals surface area contributed by atoms with E-state index in [0.29, 0.717) is 17.4 Å². The van der Waals surface area contributed by atoms with Crippen LogP contribution in [0.15, 0.2) is 41.4 Å². The molecule has 6 nitrogen and oxygen atoms in total. The molecule has 0 amide bonds. The monoisotopic (exact) mass is 344 g/mol. The van der Waals surface area contributed by atoms with Crippen LogP contribution in [0.3, 0.4) is 0 Å². The summed E-state index contributed by atoms with van der Waals surface area (Å²) in [5.41, 5.74) is 1.01. The summed E-state index contributed by atoms with van der Waals surface area (Å²) in [4.78, 5) is 9.13. The van der Waals surface area contributed by atoms with Gasteiger partial charge in [0.15, 0.2) is 0 Å². The Morgan fingerprint density at radius 1 is 1.04 bits per heavy atom. The van der Waals surface area contributed by atoms with Gasteiger partial charge in [-0.05, 0) is 49.4 Å². The maximum absolute atomic E-state index is 12.1. The lowest BCUT2D eigenvalue weighted by atomic mass is 10.2. The Morgan fingerprint density at radius 2 is 1.79 bits per heavy atom. The Hall–Kier alpha value is -1.99. The molecular weight excluding hydrogens is 324 g/mol. The zero-order chi connectivity index (χ0) is 16.6. The van der Waals surface area contributed by atoms with Crippen LogP contribution < -0.4 is 10.0 Å². The van der Waals surface area contributed by atoms with E-state index in [1.165, 1.54) is 12.8 Å². The van der Waals surface area contributed by atoms with E-state index in [1.54, 1.807) is 18.3 Å². The van der Waals surface area contributed by atoms with Crippen molar-refractivity contribution in [2.75, 3.05) is 5.32 Å². The van der Waals surface area contributed by atoms with Crippen LogP contribution in [0.4, 0.5) is 5.82 Å². The first-order valence-corrected chi connectivity index (χ1v) is 9.76. The van der Waals surface area contributed by atoms with Crippen LogP contribution in [0, 0.1) is 0 Å². The van der Waals surface area contributed by atoms with E-state index in [9.17, 15) is 8.42 Å². The normalized spacial score (nSPS) is 17.7. The second-order valence-corrected chi connectivity index (χ2v) is 8.18. The van der Waals surface area contributed by atoms with Gasteiger partial charge >= 0.3 is 0 Å². The fourth-order valence-corrected chi connectivity index (χ4v) is 3.78. The minimum atomic E-state index is -3.38. The smallest absolute Gasteiger partial charge is 0.240 e. The molecule has 2 fully saturated rings. The van der Waals surface area contributed by atoms with E-state index in [1.807, 2.05) is 18.2 Å². The topological polar surface area (TPSA) is 84.0 Å². The summed E-state index contributed by atoms with van der Waals surface area (Å²) in [5, 5.41) is 3.27. The molecule has 126 valence electrons. The zero-order valence-electron chi connectivity index (χ0n) is 13.3. The number of rotatable bonds is 7. The number of hydrogen-bond donors (Lipinski definition) is 2. The molecule has 0 bridgehead atoms.